The average Bonchev–Trinajstić information content (AvgIpc) is 2.31. The van der Waals surface area contributed by atoms with Gasteiger partial charge in [0.05, 0.1) is 0 Å². The molecule has 0 aromatic carbocycles. The normalized spacial score (nSPS) is 19.9. The number of carboxylic acid groups (broad SMARTS) is 1. The Morgan fingerprint density at radius 2 is 2.22 bits per heavy atom. The molecule has 0 bridgehead atoms. The minimum atomic E-state index is -1.02. The third-order valence-electron chi connectivity index (χ3n) is 2.64. The number of nitrogens with one attached hydrogen (secondary N) is 1. The summed E-state index contributed by atoms with van der Waals surface area (Å²) < 4.78 is 0. The van der Waals surface area contributed by atoms with Crippen molar-refractivity contribution < 1.29 is 19.5 Å². The van der Waals surface area contributed by atoms with Crippen molar-refractivity contribution in [1.29, 1.82) is 0 Å². The van der Waals surface area contributed by atoms with Gasteiger partial charge >= 0.3 is 5.97 Å². The lowest BCUT2D eigenvalue weighted by Gasteiger charge is -2.18. The number of Topliss-reactive ketones (excluding diaryl/α,β-unsaturated/α-hetero) is 1. The number of carbonyl (C=O) groups is 3. The highest BCUT2D eigenvalue weighted by molar-refractivity contribution is 6.35. The fraction of sp³-hybridized carbons (Fsp3) is 0.417. The molecule has 1 aliphatic rings. The molecule has 0 spiro atoms. The molecule has 0 radical (unpaired) electrons. The van der Waals surface area contributed by atoms with Crippen LogP contribution in [0, 0.1) is 5.92 Å². The number of amides is 1. The van der Waals surface area contributed by atoms with Gasteiger partial charge in [-0.2, -0.15) is 0 Å². The van der Waals surface area contributed by atoms with E-state index in [0.29, 0.717) is 18.5 Å². The number of carbonyl (C=O) groups excluding carboxylic acids is 2. The molecule has 0 aliphatic heterocycles. The van der Waals surface area contributed by atoms with Gasteiger partial charge in [-0.25, -0.2) is 0 Å². The van der Waals surface area contributed by atoms with Gasteiger partial charge < -0.3 is 16.2 Å². The lowest BCUT2D eigenvalue weighted by atomic mass is 9.92. The van der Waals surface area contributed by atoms with Crippen LogP contribution in [0.25, 0.3) is 0 Å². The van der Waals surface area contributed by atoms with Crippen LogP contribution in [-0.2, 0) is 14.4 Å². The minimum Gasteiger partial charge on any atom is -0.480 e. The fourth-order valence-electron chi connectivity index (χ4n) is 1.58. The van der Waals surface area contributed by atoms with Crippen molar-refractivity contribution in [2.24, 2.45) is 11.7 Å². The molecule has 0 aromatic heterocycles. The molecule has 0 saturated heterocycles. The number of allylic oxidation sites excluding steroid dienone is 3. The Kier molecular flexibility index (Phi) is 4.79. The van der Waals surface area contributed by atoms with Gasteiger partial charge in [-0.1, -0.05) is 12.2 Å². The molecule has 18 heavy (non-hydrogen) atoms. The van der Waals surface area contributed by atoms with Crippen LogP contribution in [0.1, 0.15) is 19.8 Å². The van der Waals surface area contributed by atoms with Gasteiger partial charge in [-0.05, 0) is 24.8 Å². The molecule has 1 amide bonds. The molecule has 2 atom stereocenters. The minimum absolute atomic E-state index is 0.0362. The van der Waals surface area contributed by atoms with Crippen LogP contribution < -0.4 is 11.1 Å². The Labute approximate surface area is 105 Å². The second kappa shape index (κ2) is 6.11. The summed E-state index contributed by atoms with van der Waals surface area (Å²) in [6.45, 7) is 1.19. The smallest absolute Gasteiger partial charge is 0.320 e. The first kappa shape index (κ1) is 14.1. The van der Waals surface area contributed by atoms with Crippen LogP contribution in [0.3, 0.4) is 0 Å². The Balaban J connectivity index is 2.47. The Bertz CT molecular complexity index is 426. The van der Waals surface area contributed by atoms with Gasteiger partial charge in [0.1, 0.15) is 6.04 Å². The van der Waals surface area contributed by atoms with E-state index >= 15 is 0 Å². The molecule has 1 aliphatic carbocycles. The number of hydrogen-bond donors (Lipinski definition) is 3. The number of carboxylic acids is 1. The zero-order valence-corrected chi connectivity index (χ0v) is 10.1. The molecule has 0 aromatic rings. The highest BCUT2D eigenvalue weighted by atomic mass is 16.4. The summed E-state index contributed by atoms with van der Waals surface area (Å²) >= 11 is 0. The van der Waals surface area contributed by atoms with Crippen LogP contribution in [0.5, 0.6) is 0 Å². The maximum atomic E-state index is 11.1. The molecule has 6 heteroatoms. The molecule has 0 fully saturated rings. The molecule has 1 rings (SSSR count). The van der Waals surface area contributed by atoms with E-state index in [4.69, 9.17) is 10.8 Å². The highest BCUT2D eigenvalue weighted by Crippen LogP contribution is 2.19. The zero-order chi connectivity index (χ0) is 13.7. The second-order valence-corrected chi connectivity index (χ2v) is 4.21. The average molecular weight is 252 g/mol. The largest absolute Gasteiger partial charge is 0.480 e. The molecular weight excluding hydrogens is 236 g/mol. The number of nitrogens with two attached hydrogens (primary N) is 1. The fourth-order valence-corrected chi connectivity index (χ4v) is 1.58. The van der Waals surface area contributed by atoms with Gasteiger partial charge in [-0.3, -0.25) is 14.4 Å². The highest BCUT2D eigenvalue weighted by Gasteiger charge is 2.18. The maximum Gasteiger partial charge on any atom is 0.320 e. The molecule has 2 unspecified atom stereocenters. The van der Waals surface area contributed by atoms with Crippen molar-refractivity contribution in [1.82, 2.24) is 5.32 Å². The van der Waals surface area contributed by atoms with E-state index in [2.05, 4.69) is 5.32 Å². The van der Waals surface area contributed by atoms with Gasteiger partial charge in [0, 0.05) is 12.6 Å². The topological polar surface area (TPSA) is 109 Å². The number of rotatable bonds is 5. The van der Waals surface area contributed by atoms with Crippen molar-refractivity contribution in [3.8, 4) is 0 Å². The van der Waals surface area contributed by atoms with Crippen molar-refractivity contribution in [2.75, 3.05) is 0 Å². The molecule has 4 N–H and O–H groups in total. The van der Waals surface area contributed by atoms with E-state index in [1.165, 1.54) is 6.92 Å². The first-order valence-electron chi connectivity index (χ1n) is 5.58. The van der Waals surface area contributed by atoms with Crippen molar-refractivity contribution in [3.63, 3.8) is 0 Å². The molecular formula is C12H16N2O4. The Morgan fingerprint density at radius 3 is 2.67 bits per heavy atom. The maximum absolute atomic E-state index is 11.1. The van der Waals surface area contributed by atoms with Crippen molar-refractivity contribution in [2.45, 2.75) is 25.8 Å². The first-order chi connectivity index (χ1) is 8.40. The third kappa shape index (κ3) is 4.14. The Morgan fingerprint density at radius 1 is 1.56 bits per heavy atom. The van der Waals surface area contributed by atoms with E-state index in [-0.39, 0.29) is 5.92 Å². The molecule has 98 valence electrons. The van der Waals surface area contributed by atoms with Crippen LogP contribution in [0.15, 0.2) is 23.9 Å². The standard InChI is InChI=1S/C12H16N2O4/c1-7(15)11(16)14-9-4-2-8(3-5-9)6-10(13)12(17)18/h2,4-5,8,10H,3,6,13H2,1H3,(H,14,16)(H,17,18). The van der Waals surface area contributed by atoms with Gasteiger partial charge in [0.2, 0.25) is 5.78 Å². The van der Waals surface area contributed by atoms with Crippen LogP contribution in [0.2, 0.25) is 0 Å². The van der Waals surface area contributed by atoms with E-state index in [0.717, 1.165) is 0 Å². The third-order valence-corrected chi connectivity index (χ3v) is 2.64. The summed E-state index contributed by atoms with van der Waals surface area (Å²) in [5.41, 5.74) is 5.99. The molecule has 0 heterocycles. The molecule has 0 saturated carbocycles. The lowest BCUT2D eigenvalue weighted by Crippen LogP contribution is -2.33. The summed E-state index contributed by atoms with van der Waals surface area (Å²) in [5.74, 6) is -2.21. The van der Waals surface area contributed by atoms with Crippen molar-refractivity contribution in [3.05, 3.63) is 23.9 Å². The van der Waals surface area contributed by atoms with Gasteiger partial charge in [0.15, 0.2) is 0 Å². The summed E-state index contributed by atoms with van der Waals surface area (Å²) in [7, 11) is 0. The predicted octanol–water partition coefficient (Wildman–Crippen LogP) is -0.0464. The van der Waals surface area contributed by atoms with Crippen LogP contribution >= 0.6 is 0 Å². The second-order valence-electron chi connectivity index (χ2n) is 4.21. The summed E-state index contributed by atoms with van der Waals surface area (Å²) in [6, 6.07) is -0.888. The van der Waals surface area contributed by atoms with Crippen LogP contribution in [-0.4, -0.2) is 28.8 Å². The molecule has 6 nitrogen and oxygen atoms in total. The lowest BCUT2D eigenvalue weighted by molar-refractivity contribution is -0.138. The summed E-state index contributed by atoms with van der Waals surface area (Å²) in [6.07, 6.45) is 6.13. The first-order valence-corrected chi connectivity index (χ1v) is 5.58. The summed E-state index contributed by atoms with van der Waals surface area (Å²) in [5, 5.41) is 11.1. The van der Waals surface area contributed by atoms with Gasteiger partial charge in [-0.15, -0.1) is 0 Å². The Hall–Kier alpha value is -1.95. The van der Waals surface area contributed by atoms with E-state index in [1.807, 2.05) is 0 Å². The van der Waals surface area contributed by atoms with E-state index in [1.54, 1.807) is 18.2 Å². The van der Waals surface area contributed by atoms with E-state index < -0.39 is 23.7 Å². The number of aliphatic carboxylic acids is 1. The van der Waals surface area contributed by atoms with Gasteiger partial charge in [0.25, 0.3) is 5.91 Å². The van der Waals surface area contributed by atoms with Crippen molar-refractivity contribution >= 4 is 17.7 Å². The summed E-state index contributed by atoms with van der Waals surface area (Å²) in [4.78, 5) is 32.5. The predicted molar refractivity (Wildman–Crippen MR) is 64.4 cm³/mol. The number of hydrogen-bond acceptors (Lipinski definition) is 4. The van der Waals surface area contributed by atoms with E-state index in [9.17, 15) is 14.4 Å². The van der Waals surface area contributed by atoms with Crippen LogP contribution in [0.4, 0.5) is 0 Å². The zero-order valence-electron chi connectivity index (χ0n) is 10.1. The SMILES string of the molecule is CC(=O)C(=O)NC1=CCC(CC(N)C(=O)O)C=C1. The number of ketones is 1. The monoisotopic (exact) mass is 252 g/mol. The quantitative estimate of drug-likeness (QED) is 0.594.